The highest BCUT2D eigenvalue weighted by Gasteiger charge is 2.21. The molecule has 0 bridgehead atoms. The molecule has 0 N–H and O–H groups in total. The number of furan rings is 2. The van der Waals surface area contributed by atoms with Gasteiger partial charge in [0.25, 0.3) is 0 Å². The zero-order valence-electron chi connectivity index (χ0n) is 36.4. The van der Waals surface area contributed by atoms with Crippen LogP contribution in [0.25, 0.3) is 154 Å². The Bertz CT molecular complexity index is 4600. The number of rotatable bonds is 4. The van der Waals surface area contributed by atoms with Crippen molar-refractivity contribution in [1.29, 1.82) is 0 Å². The van der Waals surface area contributed by atoms with Gasteiger partial charge in [-0.1, -0.05) is 164 Å². The first kappa shape index (κ1) is 37.1. The molecule has 0 saturated carbocycles. The van der Waals surface area contributed by atoms with Crippen LogP contribution in [0.4, 0.5) is 0 Å². The molecule has 314 valence electrons. The third-order valence-electron chi connectivity index (χ3n) is 14.0. The Kier molecular flexibility index (Phi) is 7.72. The van der Waals surface area contributed by atoms with E-state index in [1.807, 2.05) is 24.3 Å². The third kappa shape index (κ3) is 5.53. The van der Waals surface area contributed by atoms with Crippen LogP contribution in [0.3, 0.4) is 0 Å². The molecule has 0 aliphatic rings. The third-order valence-corrected chi connectivity index (χ3v) is 14.0. The molecule has 5 heteroatoms. The van der Waals surface area contributed by atoms with E-state index < -0.39 is 0 Å². The predicted octanol–water partition coefficient (Wildman–Crippen LogP) is 17.3. The molecular formula is C63H35N3O2. The quantitative estimate of drug-likeness (QED) is 0.165. The monoisotopic (exact) mass is 865 g/mol. The van der Waals surface area contributed by atoms with E-state index in [0.29, 0.717) is 17.5 Å². The predicted molar refractivity (Wildman–Crippen MR) is 281 cm³/mol. The summed E-state index contributed by atoms with van der Waals surface area (Å²) < 4.78 is 13.4. The summed E-state index contributed by atoms with van der Waals surface area (Å²) in [6.45, 7) is 0. The summed E-state index contributed by atoms with van der Waals surface area (Å²) in [4.78, 5) is 15.5. The second-order valence-corrected chi connectivity index (χ2v) is 17.9. The van der Waals surface area contributed by atoms with Crippen LogP contribution in [0.1, 0.15) is 0 Å². The summed E-state index contributed by atoms with van der Waals surface area (Å²) in [5.74, 6) is 1.79. The molecule has 12 aromatic carbocycles. The molecule has 0 amide bonds. The highest BCUT2D eigenvalue weighted by molar-refractivity contribution is 6.34. The van der Waals surface area contributed by atoms with Crippen molar-refractivity contribution in [2.24, 2.45) is 0 Å². The van der Waals surface area contributed by atoms with E-state index in [9.17, 15) is 0 Å². The van der Waals surface area contributed by atoms with Gasteiger partial charge in [0.1, 0.15) is 22.3 Å². The lowest BCUT2D eigenvalue weighted by Crippen LogP contribution is -2.00. The number of nitrogens with zero attached hydrogens (tertiary/aromatic N) is 3. The van der Waals surface area contributed by atoms with Gasteiger partial charge < -0.3 is 8.83 Å². The van der Waals surface area contributed by atoms with Gasteiger partial charge in [0, 0.05) is 49.2 Å². The SMILES string of the molecule is c1ccc2cc(-c3nc(-c4ccc5cc(-c6c7ccccc7cc7oc8c(ccc9c%10ccccc%10c%10ccccc%10c98)c67)ccc5c4)nc(-c4ccc5c(c4)oc4ccccc45)n3)ccc2c1. The highest BCUT2D eigenvalue weighted by Crippen LogP contribution is 2.47. The van der Waals surface area contributed by atoms with Gasteiger partial charge in [-0.05, 0) is 113 Å². The van der Waals surface area contributed by atoms with E-state index in [0.717, 1.165) is 104 Å². The summed E-state index contributed by atoms with van der Waals surface area (Å²) in [6.07, 6.45) is 0. The molecule has 15 rings (SSSR count). The van der Waals surface area contributed by atoms with Gasteiger partial charge in [-0.3, -0.25) is 0 Å². The maximum absolute atomic E-state index is 7.06. The van der Waals surface area contributed by atoms with Crippen molar-refractivity contribution >= 4 is 109 Å². The Labute approximate surface area is 388 Å². The largest absolute Gasteiger partial charge is 0.456 e. The number of fused-ring (bicyclic) bond motifs is 16. The topological polar surface area (TPSA) is 65.0 Å². The number of benzene rings is 12. The molecule has 3 heterocycles. The number of para-hydroxylation sites is 1. The number of aromatic nitrogens is 3. The van der Waals surface area contributed by atoms with Crippen LogP contribution >= 0.6 is 0 Å². The Balaban J connectivity index is 0.903. The number of hydrogen-bond donors (Lipinski definition) is 0. The van der Waals surface area contributed by atoms with E-state index in [-0.39, 0.29) is 0 Å². The van der Waals surface area contributed by atoms with Crippen LogP contribution < -0.4 is 0 Å². The Morgan fingerprint density at radius 1 is 0.250 bits per heavy atom. The average Bonchev–Trinajstić information content (AvgIpc) is 3.97. The van der Waals surface area contributed by atoms with Crippen LogP contribution in [-0.4, -0.2) is 15.0 Å². The fourth-order valence-corrected chi connectivity index (χ4v) is 10.8. The first-order chi connectivity index (χ1) is 33.7. The van der Waals surface area contributed by atoms with Gasteiger partial charge in [0.05, 0.1) is 0 Å². The molecule has 0 radical (unpaired) electrons. The smallest absolute Gasteiger partial charge is 0.164 e. The molecule has 0 unspecified atom stereocenters. The molecule has 5 nitrogen and oxygen atoms in total. The molecular weight excluding hydrogens is 831 g/mol. The van der Waals surface area contributed by atoms with Crippen LogP contribution in [0.15, 0.2) is 221 Å². The first-order valence-corrected chi connectivity index (χ1v) is 23.0. The minimum atomic E-state index is 0.581. The maximum Gasteiger partial charge on any atom is 0.164 e. The lowest BCUT2D eigenvalue weighted by atomic mass is 9.90. The molecule has 0 saturated heterocycles. The van der Waals surface area contributed by atoms with Gasteiger partial charge >= 0.3 is 0 Å². The average molecular weight is 866 g/mol. The molecule has 15 aromatic rings. The Morgan fingerprint density at radius 3 is 1.43 bits per heavy atom. The summed E-state index contributed by atoms with van der Waals surface area (Å²) in [6, 6.07) is 75.2. The van der Waals surface area contributed by atoms with Crippen molar-refractivity contribution in [3.05, 3.63) is 212 Å². The summed E-state index contributed by atoms with van der Waals surface area (Å²) in [7, 11) is 0. The fourth-order valence-electron chi connectivity index (χ4n) is 10.8. The lowest BCUT2D eigenvalue weighted by Gasteiger charge is -2.12. The zero-order valence-corrected chi connectivity index (χ0v) is 36.4. The molecule has 0 fully saturated rings. The van der Waals surface area contributed by atoms with Crippen LogP contribution in [0.2, 0.25) is 0 Å². The summed E-state index contributed by atoms with van der Waals surface area (Å²) in [5, 5.41) is 18.4. The molecule has 3 aromatic heterocycles. The Morgan fingerprint density at radius 2 is 0.706 bits per heavy atom. The second-order valence-electron chi connectivity index (χ2n) is 17.9. The van der Waals surface area contributed by atoms with E-state index in [1.165, 1.54) is 32.3 Å². The minimum Gasteiger partial charge on any atom is -0.456 e. The van der Waals surface area contributed by atoms with Gasteiger partial charge in [0.2, 0.25) is 0 Å². The summed E-state index contributed by atoms with van der Waals surface area (Å²) in [5.41, 5.74) is 8.41. The van der Waals surface area contributed by atoms with Crippen molar-refractivity contribution < 1.29 is 8.83 Å². The lowest BCUT2D eigenvalue weighted by molar-refractivity contribution is 0.669. The van der Waals surface area contributed by atoms with E-state index in [1.54, 1.807) is 0 Å². The van der Waals surface area contributed by atoms with E-state index >= 15 is 0 Å². The highest BCUT2D eigenvalue weighted by atomic mass is 16.3. The first-order valence-electron chi connectivity index (χ1n) is 23.0. The van der Waals surface area contributed by atoms with Crippen molar-refractivity contribution in [3.8, 4) is 45.3 Å². The molecule has 68 heavy (non-hydrogen) atoms. The van der Waals surface area contributed by atoms with Crippen molar-refractivity contribution in [3.63, 3.8) is 0 Å². The minimum absolute atomic E-state index is 0.581. The van der Waals surface area contributed by atoms with Gasteiger partial charge in [-0.25, -0.2) is 15.0 Å². The van der Waals surface area contributed by atoms with Gasteiger partial charge in [-0.15, -0.1) is 0 Å². The standard InChI is InChI=1S/C63H35N3O2/c1-2-12-37-32-42(25-21-36(37)11-1)61-64-62(66-63(65-61)44-27-28-50-49-18-9-10-20-54(49)67-55(50)35-44)43-26-23-38-31-41(24-22-39(38)33-43)57-45-14-4-3-13-40(45)34-56-59(57)53-30-29-52-48-17-6-5-15-46(48)47-16-7-8-19-51(47)58(52)60(53)68-56/h1-35H. The normalized spacial score (nSPS) is 12.1. The van der Waals surface area contributed by atoms with Crippen LogP contribution in [0.5, 0.6) is 0 Å². The van der Waals surface area contributed by atoms with Gasteiger partial charge in [-0.2, -0.15) is 0 Å². The maximum atomic E-state index is 7.06. The fraction of sp³-hybridized carbons (Fsp3) is 0. The number of hydrogen-bond acceptors (Lipinski definition) is 5. The Hall–Kier alpha value is -9.19. The van der Waals surface area contributed by atoms with E-state index in [4.69, 9.17) is 23.8 Å². The van der Waals surface area contributed by atoms with E-state index in [2.05, 4.69) is 188 Å². The zero-order chi connectivity index (χ0) is 44.5. The second kappa shape index (κ2) is 14.2. The van der Waals surface area contributed by atoms with Crippen LogP contribution in [-0.2, 0) is 0 Å². The molecule has 0 aliphatic carbocycles. The molecule has 0 aliphatic heterocycles. The van der Waals surface area contributed by atoms with Crippen molar-refractivity contribution in [2.75, 3.05) is 0 Å². The van der Waals surface area contributed by atoms with Crippen LogP contribution in [0, 0.1) is 0 Å². The molecule has 0 atom stereocenters. The summed E-state index contributed by atoms with van der Waals surface area (Å²) >= 11 is 0. The van der Waals surface area contributed by atoms with Crippen molar-refractivity contribution in [1.82, 2.24) is 15.0 Å². The van der Waals surface area contributed by atoms with Crippen molar-refractivity contribution in [2.45, 2.75) is 0 Å². The molecule has 0 spiro atoms. The van der Waals surface area contributed by atoms with Gasteiger partial charge in [0.15, 0.2) is 17.5 Å².